The quantitative estimate of drug-likeness (QED) is 0.615. The molecule has 2 aromatic rings. The fourth-order valence-corrected chi connectivity index (χ4v) is 4.37. The topological polar surface area (TPSA) is 61.4 Å². The number of anilines is 2. The van der Waals surface area contributed by atoms with E-state index in [9.17, 15) is 9.59 Å². The van der Waals surface area contributed by atoms with Gasteiger partial charge in [-0.3, -0.25) is 9.69 Å². The number of hydrogen-bond acceptors (Lipinski definition) is 2. The van der Waals surface area contributed by atoms with Crippen molar-refractivity contribution in [2.75, 3.05) is 23.3 Å². The molecule has 0 spiro atoms. The number of aryl methyl sites for hydroxylation is 1. The highest BCUT2D eigenvalue weighted by molar-refractivity contribution is 6.02. The summed E-state index contributed by atoms with van der Waals surface area (Å²) in [5.74, 6) is -0.0734. The van der Waals surface area contributed by atoms with E-state index in [0.29, 0.717) is 24.3 Å². The normalized spacial score (nSPS) is 16.0. The fourth-order valence-electron chi connectivity index (χ4n) is 4.37. The van der Waals surface area contributed by atoms with Gasteiger partial charge in [0.1, 0.15) is 0 Å². The number of nitrogens with one attached hydrogen (secondary N) is 2. The monoisotopic (exact) mass is 417 g/mol. The lowest BCUT2D eigenvalue weighted by atomic mass is 9.97. The van der Waals surface area contributed by atoms with Crippen molar-refractivity contribution in [1.29, 1.82) is 0 Å². The number of nitrogens with zero attached hydrogens (tertiary/aromatic N) is 1. The lowest BCUT2D eigenvalue weighted by molar-refractivity contribution is 0.0954. The van der Waals surface area contributed by atoms with Gasteiger partial charge < -0.3 is 10.6 Å². The highest BCUT2D eigenvalue weighted by Gasteiger charge is 2.21. The lowest BCUT2D eigenvalue weighted by Gasteiger charge is -2.23. The number of fused-ring (bicyclic) bond motifs is 1. The van der Waals surface area contributed by atoms with E-state index >= 15 is 0 Å². The van der Waals surface area contributed by atoms with Gasteiger partial charge in [0.2, 0.25) is 0 Å². The Hall–Kier alpha value is -3.08. The Morgan fingerprint density at radius 3 is 2.52 bits per heavy atom. The first-order valence-electron chi connectivity index (χ1n) is 11.4. The number of hydrogen-bond donors (Lipinski definition) is 2. The number of para-hydroxylation sites is 1. The Morgan fingerprint density at radius 2 is 1.71 bits per heavy atom. The van der Waals surface area contributed by atoms with Crippen molar-refractivity contribution in [2.24, 2.45) is 0 Å². The third-order valence-corrected chi connectivity index (χ3v) is 6.12. The smallest absolute Gasteiger partial charge is 0.326 e. The number of carbonyl (C=O) groups excluding carboxylic acids is 2. The summed E-state index contributed by atoms with van der Waals surface area (Å²) in [6.07, 6.45) is 11.2. The average molecular weight is 418 g/mol. The van der Waals surface area contributed by atoms with Crippen LogP contribution in [0.4, 0.5) is 16.2 Å². The van der Waals surface area contributed by atoms with Crippen LogP contribution in [-0.2, 0) is 6.42 Å². The van der Waals surface area contributed by atoms with E-state index in [0.717, 1.165) is 37.8 Å². The molecule has 0 unspecified atom stereocenters. The molecule has 0 bridgehead atoms. The van der Waals surface area contributed by atoms with E-state index in [1.807, 2.05) is 23.1 Å². The van der Waals surface area contributed by atoms with E-state index in [2.05, 4.69) is 22.8 Å². The van der Waals surface area contributed by atoms with Gasteiger partial charge in [0.05, 0.1) is 0 Å². The zero-order valence-electron chi connectivity index (χ0n) is 18.0. The Bertz CT molecular complexity index is 949. The van der Waals surface area contributed by atoms with Crippen LogP contribution < -0.4 is 15.5 Å². The second-order valence-electron chi connectivity index (χ2n) is 8.36. The molecule has 1 aliphatic heterocycles. The first kappa shape index (κ1) is 21.2. The van der Waals surface area contributed by atoms with E-state index in [1.165, 1.54) is 30.4 Å². The van der Waals surface area contributed by atoms with Gasteiger partial charge in [0, 0.05) is 30.0 Å². The maximum Gasteiger partial charge on any atom is 0.326 e. The number of amides is 3. The van der Waals surface area contributed by atoms with Crippen molar-refractivity contribution < 1.29 is 9.59 Å². The van der Waals surface area contributed by atoms with Gasteiger partial charge in [-0.15, -0.1) is 0 Å². The van der Waals surface area contributed by atoms with Crippen LogP contribution in [-0.4, -0.2) is 25.0 Å². The number of urea groups is 1. The highest BCUT2D eigenvalue weighted by atomic mass is 16.2. The Kier molecular flexibility index (Phi) is 7.03. The Balaban J connectivity index is 1.32. The second-order valence-corrected chi connectivity index (χ2v) is 8.36. The molecule has 0 saturated heterocycles. The molecule has 2 N–H and O–H groups in total. The van der Waals surface area contributed by atoms with Crippen molar-refractivity contribution in [3.05, 3.63) is 71.3 Å². The molecule has 4 rings (SSSR count). The van der Waals surface area contributed by atoms with Crippen LogP contribution in [0.2, 0.25) is 0 Å². The summed E-state index contributed by atoms with van der Waals surface area (Å²) >= 11 is 0. The molecule has 0 aromatic heterocycles. The van der Waals surface area contributed by atoms with E-state index in [-0.39, 0.29) is 11.9 Å². The summed E-state index contributed by atoms with van der Waals surface area (Å²) in [5.41, 5.74) is 4.96. The molecule has 0 radical (unpaired) electrons. The lowest BCUT2D eigenvalue weighted by Crippen LogP contribution is -2.35. The minimum atomic E-state index is -0.132. The van der Waals surface area contributed by atoms with Gasteiger partial charge in [-0.25, -0.2) is 4.79 Å². The van der Waals surface area contributed by atoms with Gasteiger partial charge in [-0.2, -0.15) is 0 Å². The van der Waals surface area contributed by atoms with Crippen LogP contribution in [0, 0.1) is 0 Å². The molecule has 5 nitrogen and oxygen atoms in total. The fraction of sp³-hybridized carbons (Fsp3) is 0.385. The summed E-state index contributed by atoms with van der Waals surface area (Å²) in [6.45, 7) is 1.37. The summed E-state index contributed by atoms with van der Waals surface area (Å²) in [6, 6.07) is 15.1. The van der Waals surface area contributed by atoms with Crippen molar-refractivity contribution in [3.8, 4) is 0 Å². The van der Waals surface area contributed by atoms with Gasteiger partial charge >= 0.3 is 6.03 Å². The molecule has 0 fully saturated rings. The molecule has 5 heteroatoms. The number of carbonyl (C=O) groups is 2. The Labute approximate surface area is 184 Å². The third-order valence-electron chi connectivity index (χ3n) is 6.12. The minimum Gasteiger partial charge on any atom is -0.352 e. The SMILES string of the molecule is O=C(NCCC1=CCCCC1)c1ccc(NC(=O)N2CCCCc3ccccc32)cc1. The van der Waals surface area contributed by atoms with Gasteiger partial charge in [0.25, 0.3) is 5.91 Å². The van der Waals surface area contributed by atoms with Crippen LogP contribution in [0.1, 0.15) is 60.9 Å². The predicted octanol–water partition coefficient (Wildman–Crippen LogP) is 5.68. The van der Waals surface area contributed by atoms with E-state index in [1.54, 1.807) is 24.3 Å². The Morgan fingerprint density at radius 1 is 0.903 bits per heavy atom. The summed E-state index contributed by atoms with van der Waals surface area (Å²) in [5, 5.41) is 5.98. The molecule has 2 aliphatic rings. The van der Waals surface area contributed by atoms with Crippen molar-refractivity contribution in [3.63, 3.8) is 0 Å². The van der Waals surface area contributed by atoms with Crippen LogP contribution in [0.15, 0.2) is 60.2 Å². The van der Waals surface area contributed by atoms with Crippen molar-refractivity contribution in [2.45, 2.75) is 51.4 Å². The van der Waals surface area contributed by atoms with Gasteiger partial charge in [-0.05, 0) is 87.3 Å². The van der Waals surface area contributed by atoms with Crippen molar-refractivity contribution in [1.82, 2.24) is 5.32 Å². The average Bonchev–Trinajstić information content (AvgIpc) is 3.03. The number of rotatable bonds is 5. The van der Waals surface area contributed by atoms with Crippen LogP contribution in [0.25, 0.3) is 0 Å². The zero-order chi connectivity index (χ0) is 21.5. The first-order chi connectivity index (χ1) is 15.2. The van der Waals surface area contributed by atoms with E-state index < -0.39 is 0 Å². The van der Waals surface area contributed by atoms with Crippen LogP contribution >= 0.6 is 0 Å². The standard InChI is InChI=1S/C26H31N3O2/c30-25(27-18-17-20-8-2-1-3-9-20)22-13-15-23(16-14-22)28-26(31)29-19-7-6-11-21-10-4-5-12-24(21)29/h4-5,8,10,12-16H,1-3,6-7,9,11,17-19H2,(H,27,30)(H,28,31). The summed E-state index contributed by atoms with van der Waals surface area (Å²) in [4.78, 5) is 27.2. The van der Waals surface area contributed by atoms with Gasteiger partial charge in [-0.1, -0.05) is 29.8 Å². The summed E-state index contributed by atoms with van der Waals surface area (Å²) < 4.78 is 0. The predicted molar refractivity (Wildman–Crippen MR) is 126 cm³/mol. The first-order valence-corrected chi connectivity index (χ1v) is 11.4. The zero-order valence-corrected chi connectivity index (χ0v) is 18.0. The molecule has 162 valence electrons. The van der Waals surface area contributed by atoms with Crippen molar-refractivity contribution >= 4 is 23.3 Å². The largest absolute Gasteiger partial charge is 0.352 e. The molecular weight excluding hydrogens is 386 g/mol. The van der Waals surface area contributed by atoms with E-state index in [4.69, 9.17) is 0 Å². The molecule has 0 saturated carbocycles. The third kappa shape index (κ3) is 5.54. The number of allylic oxidation sites excluding steroid dienone is 1. The molecule has 1 aliphatic carbocycles. The molecule has 1 heterocycles. The maximum atomic E-state index is 12.9. The maximum absolute atomic E-state index is 12.9. The number of benzene rings is 2. The van der Waals surface area contributed by atoms with Gasteiger partial charge in [0.15, 0.2) is 0 Å². The molecule has 3 amide bonds. The highest BCUT2D eigenvalue weighted by Crippen LogP contribution is 2.27. The summed E-state index contributed by atoms with van der Waals surface area (Å²) in [7, 11) is 0. The molecule has 31 heavy (non-hydrogen) atoms. The molecular formula is C26H31N3O2. The molecule has 2 aromatic carbocycles. The van der Waals surface area contributed by atoms with Crippen LogP contribution in [0.3, 0.4) is 0 Å². The molecule has 0 atom stereocenters. The second kappa shape index (κ2) is 10.3. The van der Waals surface area contributed by atoms with Crippen LogP contribution in [0.5, 0.6) is 0 Å². The minimum absolute atomic E-state index is 0.0734.